The van der Waals surface area contributed by atoms with Crippen LogP contribution in [0.1, 0.15) is 78.1 Å². The molecule has 0 saturated carbocycles. The molecule has 0 N–H and O–H groups in total. The Morgan fingerprint density at radius 1 is 0.733 bits per heavy atom. The summed E-state index contributed by atoms with van der Waals surface area (Å²) >= 11 is 29.8. The van der Waals surface area contributed by atoms with Crippen molar-refractivity contribution in [3.8, 4) is 5.75 Å². The van der Waals surface area contributed by atoms with Crippen molar-refractivity contribution in [3.05, 3.63) is 25.1 Å². The van der Waals surface area contributed by atoms with E-state index in [1.165, 1.54) is 25.7 Å². The van der Waals surface area contributed by atoms with Crippen LogP contribution in [0.5, 0.6) is 5.75 Å². The van der Waals surface area contributed by atoms with Gasteiger partial charge in [-0.05, 0) is 26.2 Å². The Morgan fingerprint density at radius 3 is 1.83 bits per heavy atom. The maximum Gasteiger partial charge on any atom is 0.311 e. The molecule has 4 nitrogen and oxygen atoms in total. The highest BCUT2D eigenvalue weighted by atomic mass is 35.5. The Morgan fingerprint density at radius 2 is 1.23 bits per heavy atom. The number of carbonyl (C=O) groups is 2. The normalized spacial score (nSPS) is 12.0. The highest BCUT2D eigenvalue weighted by Crippen LogP contribution is 2.48. The number of halogens is 5. The quantitative estimate of drug-likeness (QED) is 0.0858. The van der Waals surface area contributed by atoms with E-state index in [4.69, 9.17) is 67.5 Å². The smallest absolute Gasteiger partial charge is 0.311 e. The van der Waals surface area contributed by atoms with E-state index in [1.54, 1.807) is 0 Å². The summed E-state index contributed by atoms with van der Waals surface area (Å²) in [6.07, 6.45) is 8.22. The molecule has 1 atom stereocenters. The van der Waals surface area contributed by atoms with Crippen LogP contribution in [0.15, 0.2) is 0 Å². The average Bonchev–Trinajstić information content (AvgIpc) is 2.70. The molecule has 170 valence electrons. The molecular weight excluding hydrogens is 493 g/mol. The van der Waals surface area contributed by atoms with Crippen LogP contribution in [0.3, 0.4) is 0 Å². The van der Waals surface area contributed by atoms with Crippen molar-refractivity contribution in [1.29, 1.82) is 0 Å². The van der Waals surface area contributed by atoms with Crippen molar-refractivity contribution >= 4 is 69.9 Å². The minimum absolute atomic E-state index is 0.0223. The van der Waals surface area contributed by atoms with Gasteiger partial charge >= 0.3 is 11.9 Å². The molecule has 1 unspecified atom stereocenters. The van der Waals surface area contributed by atoms with Crippen molar-refractivity contribution in [1.82, 2.24) is 0 Å². The van der Waals surface area contributed by atoms with Crippen LogP contribution in [0.4, 0.5) is 0 Å². The molecule has 30 heavy (non-hydrogen) atoms. The minimum Gasteiger partial charge on any atom is -0.463 e. The largest absolute Gasteiger partial charge is 0.463 e. The molecule has 0 aliphatic rings. The maximum atomic E-state index is 12.1. The second-order valence-corrected chi connectivity index (χ2v) is 8.97. The van der Waals surface area contributed by atoms with Gasteiger partial charge in [0, 0.05) is 12.8 Å². The van der Waals surface area contributed by atoms with E-state index in [1.807, 2.05) is 6.92 Å². The lowest BCUT2D eigenvalue weighted by atomic mass is 10.1. The van der Waals surface area contributed by atoms with Crippen LogP contribution in [0.2, 0.25) is 25.1 Å². The fraction of sp³-hybridized carbons (Fsp3) is 0.619. The predicted octanol–water partition coefficient (Wildman–Crippen LogP) is 8.71. The Bertz CT molecular complexity index is 695. The van der Waals surface area contributed by atoms with E-state index in [-0.39, 0.29) is 62.2 Å². The monoisotopic (exact) mass is 518 g/mol. The van der Waals surface area contributed by atoms with Gasteiger partial charge in [-0.3, -0.25) is 9.59 Å². The summed E-state index contributed by atoms with van der Waals surface area (Å²) in [7, 11) is 0. The summed E-state index contributed by atoms with van der Waals surface area (Å²) in [5, 5.41) is -0.345. The maximum absolute atomic E-state index is 12.1. The number of rotatable bonds is 13. The first-order valence-corrected chi connectivity index (χ1v) is 12.0. The molecule has 0 radical (unpaired) electrons. The van der Waals surface area contributed by atoms with Gasteiger partial charge in [-0.15, -0.1) is 0 Å². The molecule has 0 aromatic heterocycles. The van der Waals surface area contributed by atoms with Crippen molar-refractivity contribution in [2.24, 2.45) is 0 Å². The summed E-state index contributed by atoms with van der Waals surface area (Å²) in [4.78, 5) is 24.0. The van der Waals surface area contributed by atoms with Crippen LogP contribution in [0, 0.1) is 0 Å². The van der Waals surface area contributed by atoms with Crippen LogP contribution in [-0.2, 0) is 14.3 Å². The fourth-order valence-electron chi connectivity index (χ4n) is 2.77. The summed E-state index contributed by atoms with van der Waals surface area (Å²) in [5.74, 6) is -1.12. The fourth-order valence-corrected chi connectivity index (χ4v) is 3.97. The summed E-state index contributed by atoms with van der Waals surface area (Å²) in [5.41, 5.74) is 0. The minimum atomic E-state index is -0.624. The van der Waals surface area contributed by atoms with Crippen LogP contribution in [-0.4, -0.2) is 18.0 Å². The van der Waals surface area contributed by atoms with Crippen molar-refractivity contribution in [2.45, 2.75) is 84.2 Å². The van der Waals surface area contributed by atoms with Gasteiger partial charge in [0.05, 0.1) is 21.2 Å². The molecular formula is C21H27Cl5O4. The molecule has 1 aromatic rings. The zero-order valence-electron chi connectivity index (χ0n) is 17.2. The number of esters is 2. The molecule has 0 amide bonds. The first-order chi connectivity index (χ1) is 14.2. The molecule has 0 fully saturated rings. The molecule has 0 bridgehead atoms. The highest BCUT2D eigenvalue weighted by molar-refractivity contribution is 6.55. The molecule has 1 rings (SSSR count). The van der Waals surface area contributed by atoms with Gasteiger partial charge in [0.2, 0.25) is 0 Å². The third kappa shape index (κ3) is 9.40. The average molecular weight is 521 g/mol. The molecule has 9 heteroatoms. The molecule has 0 saturated heterocycles. The second-order valence-electron chi connectivity index (χ2n) is 7.08. The third-order valence-electron chi connectivity index (χ3n) is 4.44. The lowest BCUT2D eigenvalue weighted by Gasteiger charge is -2.14. The first-order valence-electron chi connectivity index (χ1n) is 10.1. The Kier molecular flexibility index (Phi) is 13.5. The summed E-state index contributed by atoms with van der Waals surface area (Å²) in [6, 6.07) is 0. The zero-order chi connectivity index (χ0) is 22.7. The molecule has 1 aromatic carbocycles. The number of hydrogen-bond acceptors (Lipinski definition) is 4. The number of ether oxygens (including phenoxy) is 2. The predicted molar refractivity (Wildman–Crippen MR) is 125 cm³/mol. The lowest BCUT2D eigenvalue weighted by Crippen LogP contribution is -2.15. The number of unbranched alkanes of at least 4 members (excludes halogenated alkanes) is 5. The van der Waals surface area contributed by atoms with Gasteiger partial charge in [0.25, 0.3) is 0 Å². The van der Waals surface area contributed by atoms with E-state index < -0.39 is 5.97 Å². The van der Waals surface area contributed by atoms with Crippen molar-refractivity contribution in [3.63, 3.8) is 0 Å². The number of carbonyl (C=O) groups excluding carboxylic acids is 2. The van der Waals surface area contributed by atoms with Gasteiger partial charge in [0.1, 0.15) is 10.0 Å². The number of hydrogen-bond donors (Lipinski definition) is 0. The first kappa shape index (κ1) is 27.6. The van der Waals surface area contributed by atoms with E-state index in [9.17, 15) is 9.59 Å². The Labute approximate surface area is 203 Å². The third-order valence-corrected chi connectivity index (χ3v) is 6.69. The van der Waals surface area contributed by atoms with Gasteiger partial charge in [-0.1, -0.05) is 97.0 Å². The number of benzene rings is 1. The van der Waals surface area contributed by atoms with E-state index in [0.29, 0.717) is 0 Å². The molecule has 0 aliphatic carbocycles. The van der Waals surface area contributed by atoms with E-state index in [2.05, 4.69) is 6.92 Å². The molecule has 0 aliphatic heterocycles. The van der Waals surface area contributed by atoms with E-state index in [0.717, 1.165) is 19.3 Å². The van der Waals surface area contributed by atoms with E-state index >= 15 is 0 Å². The molecule has 0 heterocycles. The standard InChI is InChI=1S/C21H27Cl5O4/c1-3-4-5-6-7-8-10-13(2)29-14(27)11-9-12-15(28)30-21-19(25)17(23)16(22)18(24)20(21)26/h13H,3-12H2,1-2H3. The van der Waals surface area contributed by atoms with Crippen LogP contribution in [0.25, 0.3) is 0 Å². The van der Waals surface area contributed by atoms with Crippen LogP contribution < -0.4 is 4.74 Å². The summed E-state index contributed by atoms with van der Waals surface area (Å²) < 4.78 is 10.5. The molecule has 0 spiro atoms. The van der Waals surface area contributed by atoms with Gasteiger partial charge < -0.3 is 9.47 Å². The van der Waals surface area contributed by atoms with Gasteiger partial charge in [-0.25, -0.2) is 0 Å². The topological polar surface area (TPSA) is 52.6 Å². The summed E-state index contributed by atoms with van der Waals surface area (Å²) in [6.45, 7) is 4.07. The second kappa shape index (κ2) is 14.6. The van der Waals surface area contributed by atoms with Crippen molar-refractivity contribution in [2.75, 3.05) is 0 Å². The van der Waals surface area contributed by atoms with Gasteiger partial charge in [0.15, 0.2) is 5.75 Å². The van der Waals surface area contributed by atoms with Gasteiger partial charge in [-0.2, -0.15) is 0 Å². The zero-order valence-corrected chi connectivity index (χ0v) is 21.0. The highest BCUT2D eigenvalue weighted by Gasteiger charge is 2.22. The SMILES string of the molecule is CCCCCCCCC(C)OC(=O)CCCC(=O)Oc1c(Cl)c(Cl)c(Cl)c(Cl)c1Cl. The van der Waals surface area contributed by atoms with Crippen molar-refractivity contribution < 1.29 is 19.1 Å². The Balaban J connectivity index is 2.34. The van der Waals surface area contributed by atoms with Crippen LogP contribution >= 0.6 is 58.0 Å². The Hall–Kier alpha value is -0.390. The lowest BCUT2D eigenvalue weighted by molar-refractivity contribution is -0.148.